The second-order valence-corrected chi connectivity index (χ2v) is 9.87. The van der Waals surface area contributed by atoms with Crippen LogP contribution in [0.15, 0.2) is 47.6 Å². The number of anilines is 1. The van der Waals surface area contributed by atoms with Gasteiger partial charge in [0.2, 0.25) is 5.91 Å². The van der Waals surface area contributed by atoms with Crippen molar-refractivity contribution in [3.05, 3.63) is 53.1 Å². The lowest BCUT2D eigenvalue weighted by molar-refractivity contribution is -0.115. The molecule has 0 saturated carbocycles. The number of halogens is 1. The molecule has 2 heterocycles. The number of fused-ring (bicyclic) bond motifs is 1. The summed E-state index contributed by atoms with van der Waals surface area (Å²) >= 11 is 7.80. The van der Waals surface area contributed by atoms with E-state index >= 15 is 0 Å². The second-order valence-electron chi connectivity index (χ2n) is 8.15. The maximum Gasteiger partial charge on any atom is 0.237 e. The van der Waals surface area contributed by atoms with Gasteiger partial charge in [-0.25, -0.2) is 4.98 Å². The summed E-state index contributed by atoms with van der Waals surface area (Å²) in [5.41, 5.74) is 3.80. The average molecular weight is 457 g/mol. The van der Waals surface area contributed by atoms with Crippen molar-refractivity contribution >= 4 is 46.0 Å². The minimum absolute atomic E-state index is 0.0783. The number of amides is 1. The molecule has 2 aromatic carbocycles. The molecule has 1 saturated heterocycles. The smallest absolute Gasteiger partial charge is 0.237 e. The maximum absolute atomic E-state index is 12.9. The molecule has 2 atom stereocenters. The van der Waals surface area contributed by atoms with Crippen molar-refractivity contribution in [1.29, 1.82) is 0 Å². The molecule has 4 rings (SSSR count). The van der Waals surface area contributed by atoms with E-state index in [1.165, 1.54) is 24.6 Å². The number of rotatable bonds is 7. The van der Waals surface area contributed by atoms with Gasteiger partial charge in [-0.2, -0.15) is 0 Å². The maximum atomic E-state index is 12.9. The van der Waals surface area contributed by atoms with Gasteiger partial charge < -0.3 is 9.88 Å². The summed E-state index contributed by atoms with van der Waals surface area (Å²) < 4.78 is 2.29. The van der Waals surface area contributed by atoms with Gasteiger partial charge in [0.1, 0.15) is 0 Å². The Balaban J connectivity index is 1.55. The van der Waals surface area contributed by atoms with Gasteiger partial charge in [0.25, 0.3) is 0 Å². The molecule has 31 heavy (non-hydrogen) atoms. The Kier molecular flexibility index (Phi) is 6.89. The zero-order valence-corrected chi connectivity index (χ0v) is 19.8. The number of aryl methyl sites for hydroxylation is 1. The first-order chi connectivity index (χ1) is 15.0. The third-order valence-corrected chi connectivity index (χ3v) is 7.35. The van der Waals surface area contributed by atoms with Crippen LogP contribution in [0.4, 0.5) is 5.69 Å². The van der Waals surface area contributed by atoms with E-state index in [2.05, 4.69) is 33.8 Å². The molecule has 0 radical (unpaired) electrons. The van der Waals surface area contributed by atoms with Crippen LogP contribution in [-0.2, 0) is 11.3 Å². The Morgan fingerprint density at radius 2 is 2.13 bits per heavy atom. The highest BCUT2D eigenvalue weighted by atomic mass is 35.5. The molecule has 3 aromatic rings. The van der Waals surface area contributed by atoms with Crippen LogP contribution < -0.4 is 5.32 Å². The standard InChI is InChI=1S/C24H29ClN4OS/c1-4-28-13-7-8-18(28)15-29-22-10-6-5-9-21(22)27-24(29)31-17(3)23(30)26-20-12-11-16(2)14-19(20)25/h5-6,9-12,14,17-18H,4,7-8,13,15H2,1-3H3,(H,26,30). The van der Waals surface area contributed by atoms with Crippen molar-refractivity contribution in [1.82, 2.24) is 14.5 Å². The number of hydrogen-bond donors (Lipinski definition) is 1. The lowest BCUT2D eigenvalue weighted by Crippen LogP contribution is -2.33. The van der Waals surface area contributed by atoms with Crippen LogP contribution in [0.1, 0.15) is 32.3 Å². The molecule has 164 valence electrons. The van der Waals surface area contributed by atoms with E-state index in [1.807, 2.05) is 44.2 Å². The van der Waals surface area contributed by atoms with E-state index in [0.29, 0.717) is 16.8 Å². The van der Waals surface area contributed by atoms with Gasteiger partial charge >= 0.3 is 0 Å². The molecule has 1 aromatic heterocycles. The van der Waals surface area contributed by atoms with Crippen molar-refractivity contribution in [2.75, 3.05) is 18.4 Å². The van der Waals surface area contributed by atoms with Crippen LogP contribution in [0.25, 0.3) is 11.0 Å². The Labute approximate surface area is 193 Å². The Morgan fingerprint density at radius 1 is 1.32 bits per heavy atom. The molecule has 0 bridgehead atoms. The van der Waals surface area contributed by atoms with Crippen LogP contribution in [0, 0.1) is 6.92 Å². The van der Waals surface area contributed by atoms with E-state index in [4.69, 9.17) is 16.6 Å². The number of imidazole rings is 1. The highest BCUT2D eigenvalue weighted by Gasteiger charge is 2.26. The normalized spacial score (nSPS) is 17.9. The summed E-state index contributed by atoms with van der Waals surface area (Å²) in [6.07, 6.45) is 2.44. The molecule has 0 aliphatic carbocycles. The van der Waals surface area contributed by atoms with Gasteiger partial charge in [0.05, 0.1) is 27.0 Å². The van der Waals surface area contributed by atoms with Gasteiger partial charge in [-0.15, -0.1) is 0 Å². The van der Waals surface area contributed by atoms with Crippen LogP contribution in [-0.4, -0.2) is 44.7 Å². The van der Waals surface area contributed by atoms with Crippen LogP contribution in [0.5, 0.6) is 0 Å². The zero-order valence-electron chi connectivity index (χ0n) is 18.3. The largest absolute Gasteiger partial charge is 0.324 e. The van der Waals surface area contributed by atoms with Gasteiger partial charge in [-0.05, 0) is 69.6 Å². The lowest BCUT2D eigenvalue weighted by Gasteiger charge is -2.24. The van der Waals surface area contributed by atoms with E-state index in [1.54, 1.807) is 0 Å². The fourth-order valence-electron chi connectivity index (χ4n) is 4.22. The summed E-state index contributed by atoms with van der Waals surface area (Å²) in [7, 11) is 0. The minimum atomic E-state index is -0.307. The number of nitrogens with zero attached hydrogens (tertiary/aromatic N) is 3. The number of carbonyl (C=O) groups excluding carboxylic acids is 1. The van der Waals surface area contributed by atoms with Gasteiger partial charge in [0, 0.05) is 12.6 Å². The monoisotopic (exact) mass is 456 g/mol. The molecule has 5 nitrogen and oxygen atoms in total. The Morgan fingerprint density at radius 3 is 2.90 bits per heavy atom. The van der Waals surface area contributed by atoms with Crippen molar-refractivity contribution in [3.8, 4) is 0 Å². The summed E-state index contributed by atoms with van der Waals surface area (Å²) in [6.45, 7) is 9.24. The quantitative estimate of drug-likeness (QED) is 0.470. The molecule has 1 amide bonds. The molecule has 7 heteroatoms. The fourth-order valence-corrected chi connectivity index (χ4v) is 5.43. The number of benzene rings is 2. The first kappa shape index (κ1) is 22.2. The number of hydrogen-bond acceptors (Lipinski definition) is 4. The average Bonchev–Trinajstić information content (AvgIpc) is 3.34. The number of thioether (sulfide) groups is 1. The van der Waals surface area contributed by atoms with E-state index in [-0.39, 0.29) is 11.2 Å². The fraction of sp³-hybridized carbons (Fsp3) is 0.417. The summed E-state index contributed by atoms with van der Waals surface area (Å²) in [6, 6.07) is 14.4. The second kappa shape index (κ2) is 9.63. The first-order valence-electron chi connectivity index (χ1n) is 10.9. The number of nitrogens with one attached hydrogen (secondary N) is 1. The number of carbonyl (C=O) groups is 1. The first-order valence-corrected chi connectivity index (χ1v) is 12.1. The van der Waals surface area contributed by atoms with Crippen molar-refractivity contribution in [2.45, 2.75) is 56.6 Å². The predicted molar refractivity (Wildman–Crippen MR) is 130 cm³/mol. The van der Waals surface area contributed by atoms with E-state index in [0.717, 1.165) is 41.4 Å². The highest BCUT2D eigenvalue weighted by molar-refractivity contribution is 8.00. The Hall–Kier alpha value is -2.02. The number of para-hydroxylation sites is 2. The van der Waals surface area contributed by atoms with Crippen LogP contribution in [0.2, 0.25) is 5.02 Å². The van der Waals surface area contributed by atoms with Crippen LogP contribution in [0.3, 0.4) is 0 Å². The summed E-state index contributed by atoms with van der Waals surface area (Å²) in [4.78, 5) is 20.3. The van der Waals surface area contributed by atoms with Gasteiger partial charge in [0.15, 0.2) is 5.16 Å². The van der Waals surface area contributed by atoms with Gasteiger partial charge in [-0.1, -0.05) is 48.5 Å². The Bertz CT molecular complexity index is 1080. The molecule has 0 spiro atoms. The third-order valence-electron chi connectivity index (χ3n) is 5.95. The molecule has 2 unspecified atom stereocenters. The molecular weight excluding hydrogens is 428 g/mol. The topological polar surface area (TPSA) is 50.2 Å². The van der Waals surface area contributed by atoms with E-state index < -0.39 is 0 Å². The third kappa shape index (κ3) is 4.92. The SMILES string of the molecule is CCN1CCCC1Cn1c(SC(C)C(=O)Nc2ccc(C)cc2Cl)nc2ccccc21. The molecule has 1 aliphatic rings. The molecular formula is C24H29ClN4OS. The predicted octanol–water partition coefficient (Wildman–Crippen LogP) is 5.60. The van der Waals surface area contributed by atoms with Gasteiger partial charge in [-0.3, -0.25) is 9.69 Å². The van der Waals surface area contributed by atoms with Crippen molar-refractivity contribution in [3.63, 3.8) is 0 Å². The van der Waals surface area contributed by atoms with Crippen molar-refractivity contribution in [2.24, 2.45) is 0 Å². The van der Waals surface area contributed by atoms with E-state index in [9.17, 15) is 4.79 Å². The highest BCUT2D eigenvalue weighted by Crippen LogP contribution is 2.31. The summed E-state index contributed by atoms with van der Waals surface area (Å²) in [5, 5.41) is 4.10. The molecule has 1 aliphatic heterocycles. The number of aromatic nitrogens is 2. The molecule has 1 N–H and O–H groups in total. The molecule has 1 fully saturated rings. The lowest BCUT2D eigenvalue weighted by atomic mass is 10.2. The number of likely N-dealkylation sites (N-methyl/N-ethyl adjacent to an activating group) is 1. The zero-order chi connectivity index (χ0) is 22.0. The number of likely N-dealkylation sites (tertiary alicyclic amines) is 1. The van der Waals surface area contributed by atoms with Crippen molar-refractivity contribution < 1.29 is 4.79 Å². The summed E-state index contributed by atoms with van der Waals surface area (Å²) in [5.74, 6) is -0.0783. The van der Waals surface area contributed by atoms with Crippen LogP contribution >= 0.6 is 23.4 Å². The minimum Gasteiger partial charge on any atom is -0.324 e.